The minimum atomic E-state index is -0.399. The normalized spacial score (nSPS) is 12.7. The molecule has 2 heterocycles. The van der Waals surface area contributed by atoms with Gasteiger partial charge in [0.2, 0.25) is 18.4 Å². The van der Waals surface area contributed by atoms with Gasteiger partial charge in [-0.05, 0) is 302 Å². The highest BCUT2D eigenvalue weighted by atomic mass is 35.5. The van der Waals surface area contributed by atoms with E-state index in [1.54, 1.807) is 36.4 Å². The third kappa shape index (κ3) is 38.1. The molecule has 2 aromatic heterocycles. The van der Waals surface area contributed by atoms with Gasteiger partial charge in [-0.1, -0.05) is 49.9 Å². The van der Waals surface area contributed by atoms with Gasteiger partial charge >= 0.3 is 0 Å². The van der Waals surface area contributed by atoms with Crippen molar-refractivity contribution in [2.45, 2.75) is 173 Å². The van der Waals surface area contributed by atoms with Crippen LogP contribution in [-0.4, -0.2) is 118 Å². The monoisotopic (exact) mass is 1920 g/mol. The third-order valence-corrected chi connectivity index (χ3v) is 22.0. The number of hydrogen-bond acceptors (Lipinski definition) is 22. The van der Waals surface area contributed by atoms with Crippen LogP contribution < -0.4 is 108 Å². The van der Waals surface area contributed by atoms with E-state index in [1.165, 1.54) is 67.4 Å². The van der Waals surface area contributed by atoms with E-state index in [0.29, 0.717) is 76.4 Å². The molecule has 0 unspecified atom stereocenters. The topological polar surface area (TPSA) is 346 Å². The lowest BCUT2D eigenvalue weighted by Crippen LogP contribution is -3.00. The van der Waals surface area contributed by atoms with Crippen molar-refractivity contribution in [2.75, 3.05) is 104 Å². The minimum Gasteiger partial charge on any atom is -1.00 e. The Balaban J connectivity index is 0.000000304. The van der Waals surface area contributed by atoms with E-state index in [4.69, 9.17) is 37.8 Å². The molecule has 15 N–H and O–H groups in total. The Morgan fingerprint density at radius 2 is 0.899 bits per heavy atom. The number of carbonyl (C=O) groups is 2. The number of nitrogens with zero attached hydrogens (tertiary/aromatic N) is 11. The van der Waals surface area contributed by atoms with Crippen molar-refractivity contribution in [1.82, 2.24) is 9.13 Å². The zero-order chi connectivity index (χ0) is 97.7. The molecular weight excluding hydrogens is 1770 g/mol. The highest BCUT2D eigenvalue weighted by molar-refractivity contribution is 6.23. The van der Waals surface area contributed by atoms with Crippen LogP contribution in [0.5, 0.6) is 11.5 Å². The number of allylic oxidation sites excluding steroid dienone is 7. The van der Waals surface area contributed by atoms with Crippen molar-refractivity contribution in [2.24, 2.45) is 35.5 Å². The first-order chi connectivity index (χ1) is 65.0. The van der Waals surface area contributed by atoms with Gasteiger partial charge in [0.1, 0.15) is 48.6 Å². The van der Waals surface area contributed by atoms with Crippen molar-refractivity contribution >= 4 is 114 Å². The third-order valence-electron chi connectivity index (χ3n) is 22.0. The van der Waals surface area contributed by atoms with Crippen LogP contribution in [0.25, 0.3) is 0 Å². The number of carbonyl (C=O) groups excluding carboxylic acids is 2. The van der Waals surface area contributed by atoms with Gasteiger partial charge in [-0.25, -0.2) is 28.3 Å². The summed E-state index contributed by atoms with van der Waals surface area (Å²) in [4.78, 5) is 53.4. The van der Waals surface area contributed by atoms with Crippen LogP contribution in [0.15, 0.2) is 319 Å². The molecule has 29 heteroatoms. The number of ketones is 2. The lowest BCUT2D eigenvalue weighted by Gasteiger charge is -2.27. The molecule has 3 aliphatic carbocycles. The average Bonchev–Trinajstić information content (AvgIpc) is 0.831. The number of aromatic hydroxyl groups is 1. The zero-order valence-corrected chi connectivity index (χ0v) is 83.6. The van der Waals surface area contributed by atoms with E-state index < -0.39 is 4.92 Å². The van der Waals surface area contributed by atoms with Crippen LogP contribution in [0.4, 0.5) is 91.0 Å². The molecule has 0 fully saturated rings. The summed E-state index contributed by atoms with van der Waals surface area (Å²) >= 11 is 0. The molecule has 0 saturated heterocycles. The smallest absolute Gasteiger partial charge is 0.296 e. The number of nitro benzene ring substituents is 1. The zero-order valence-electron chi connectivity index (χ0n) is 82.0. The summed E-state index contributed by atoms with van der Waals surface area (Å²) in [6, 6.07) is 69.3. The number of aryl methyl sites for hydroxylation is 4. The quantitative estimate of drug-likeness (QED) is 0.00261. The number of ether oxygens (including phenoxy) is 1. The Bertz CT molecular complexity index is 5690. The number of aromatic nitrogens is 4. The maximum Gasteiger partial charge on any atom is 0.296 e. The standard InChI is InChI=1S/C30H37N7O.C24H27N3O3.C17H23N3O.C17H21N3O.C13H19N4.C6H10.CH4O.CH4.2ClH/c1-5-37(22(2)3)26-13-11-25(12-14-26)33-28-20-29(30(38)19-27(28)31)34-24-9-7-23(8-10-24)32-15-6-16-36-18-17-35(4)21-36;1-4-26(18(2)3)21-12-10-20(11-13-21)25-23-15-14-22(16-24(23)27(28)29)30-17-19-8-6-5-7-9-19;2*1-4-20(12(2)3)14-7-5-13(6-8-14)19-17-10-9-15(21)11-16(17)18;1-16-9-10-17(11-16)8-2-7-15-13-5-3-12(14)4-6-13;1-2-4-6-5-3-1;1-2;;;/h7-14,17-22H,5-6,15-16H2,1-4H3,(H3-,31,32,33,34,38);5-16,18,25H,4,17H2,1-3H3;5-12,19,21H,4,18H2,1-3H3;5-12H,4,18H2,1-3H3;3-6,9-11,15H,2,7-8,14H2,1H3;1-2H,3-6H2;2H,1H3;1H4;2*1H/q;;;;+1;;;;;/p-1. The Morgan fingerprint density at radius 1 is 0.493 bits per heavy atom. The van der Waals surface area contributed by atoms with E-state index in [2.05, 4.69) is 217 Å². The number of imidazole rings is 2. The predicted octanol–water partition coefficient (Wildman–Crippen LogP) is 15.4. The first-order valence-electron chi connectivity index (χ1n) is 46.5. The average molecular weight is 1920 g/mol. The molecule has 27 nitrogen and oxygen atoms in total. The summed E-state index contributed by atoms with van der Waals surface area (Å²) in [5.74, 6) is 0.358. The van der Waals surface area contributed by atoms with Crippen molar-refractivity contribution in [1.29, 1.82) is 0 Å². The summed E-state index contributed by atoms with van der Waals surface area (Å²) < 4.78 is 14.2. The molecule has 11 aromatic rings. The highest BCUT2D eigenvalue weighted by Crippen LogP contribution is 2.35. The van der Waals surface area contributed by atoms with Gasteiger partial charge in [0.05, 0.1) is 89.4 Å². The number of rotatable bonds is 34. The van der Waals surface area contributed by atoms with Crippen LogP contribution in [-0.2, 0) is 43.4 Å². The predicted molar refractivity (Wildman–Crippen MR) is 568 cm³/mol. The van der Waals surface area contributed by atoms with Crippen LogP contribution >= 0.6 is 0 Å². The van der Waals surface area contributed by atoms with Crippen molar-refractivity contribution in [3.05, 3.63) is 325 Å². The number of nitrogen functional groups attached to an aromatic ring is 2. The molecule has 738 valence electrons. The summed E-state index contributed by atoms with van der Waals surface area (Å²) in [5.41, 5.74) is 40.4. The Morgan fingerprint density at radius 3 is 1.30 bits per heavy atom. The van der Waals surface area contributed by atoms with Crippen molar-refractivity contribution in [3.63, 3.8) is 0 Å². The van der Waals surface area contributed by atoms with Gasteiger partial charge in [-0.3, -0.25) is 19.7 Å². The first-order valence-corrected chi connectivity index (χ1v) is 46.5. The Labute approximate surface area is 830 Å². The lowest BCUT2D eigenvalue weighted by molar-refractivity contribution is -0.671. The summed E-state index contributed by atoms with van der Waals surface area (Å²) in [5, 5.41) is 44.4. The summed E-state index contributed by atoms with van der Waals surface area (Å²) in [6.07, 6.45) is 32.2. The van der Waals surface area contributed by atoms with Crippen LogP contribution in [0, 0.1) is 10.1 Å². The maximum atomic E-state index is 12.6. The molecule has 3 aliphatic rings. The van der Waals surface area contributed by atoms with Crippen LogP contribution in [0.2, 0.25) is 0 Å². The highest BCUT2D eigenvalue weighted by Gasteiger charge is 2.21. The van der Waals surface area contributed by atoms with Gasteiger partial charge in [-0.15, -0.1) is 0 Å². The van der Waals surface area contributed by atoms with Crippen LogP contribution in [0.3, 0.4) is 0 Å². The van der Waals surface area contributed by atoms with Crippen molar-refractivity contribution < 1.29 is 63.4 Å². The molecule has 9 aromatic carbocycles. The molecule has 0 amide bonds. The second-order valence-corrected chi connectivity index (χ2v) is 33.5. The molecule has 138 heavy (non-hydrogen) atoms. The number of aliphatic imine (C=N–C) groups is 2. The SMILES string of the molecule is C.C1=CCCCC1.CCN(c1ccc(N=C2C=C(Nc3ccc(NCCCn4cc[n+](C)c4)cc3)C(=O)C=C2N)cc1)C(C)C.CCN(c1ccc(N=C2C=CC(=O)C=C2N)cc1)C(C)C.CCN(c1ccc(Nc2ccc(O)cc2N)cc1)C(C)C.CCN(c1ccc(Nc2ccc(OCc3ccccc3)cc2[N+](=O)[O-])cc1)C(C)C.CO.C[n+]1ccn(CCCNc2ccc(N)cc2)c1.[Cl-].[Cl-]. The fraction of sp³-hybridized carbons (Fsp3) is 0.321. The van der Waals surface area contributed by atoms with E-state index >= 15 is 0 Å². The maximum absolute atomic E-state index is 12.6. The number of nitrogens with one attached hydrogen (secondary N) is 5. The van der Waals surface area contributed by atoms with E-state index in [9.17, 15) is 24.8 Å². The number of aliphatic hydroxyl groups excluding tert-OH is 1. The van der Waals surface area contributed by atoms with E-state index in [1.807, 2.05) is 175 Å². The lowest BCUT2D eigenvalue weighted by atomic mass is 10.1. The molecule has 0 radical (unpaired) electrons. The Kier molecular flexibility index (Phi) is 49.9. The molecular formula is C109H146Cl2N20O7. The van der Waals surface area contributed by atoms with Crippen LogP contribution in [0.1, 0.15) is 135 Å². The fourth-order valence-corrected chi connectivity index (χ4v) is 15.0. The number of phenols is 1. The number of anilines is 13. The molecule has 0 atom stereocenters. The van der Waals surface area contributed by atoms with Gasteiger partial charge in [-0.2, -0.15) is 0 Å². The second kappa shape index (κ2) is 60.2. The summed E-state index contributed by atoms with van der Waals surface area (Å²) in [6.45, 7) is 33.9. The van der Waals surface area contributed by atoms with Gasteiger partial charge in [0.25, 0.3) is 5.69 Å². The van der Waals surface area contributed by atoms with Gasteiger partial charge in [0, 0.05) is 158 Å². The summed E-state index contributed by atoms with van der Waals surface area (Å²) in [7, 11) is 5.05. The number of benzene rings is 9. The molecule has 0 spiro atoms. The molecule has 14 rings (SSSR count). The second-order valence-electron chi connectivity index (χ2n) is 33.5. The number of aliphatic hydroxyl groups is 1. The molecule has 0 saturated carbocycles. The number of nitrogens with two attached hydrogens (primary N) is 4. The van der Waals surface area contributed by atoms with E-state index in [0.717, 1.165) is 140 Å². The number of hydrogen-bond donors (Lipinski definition) is 11. The van der Waals surface area contributed by atoms with Gasteiger partial charge < -0.3 is 109 Å². The largest absolute Gasteiger partial charge is 1.00 e. The number of halogens is 2. The number of phenolic OH excluding ortho intramolecular Hbond substituents is 1. The van der Waals surface area contributed by atoms with E-state index in [-0.39, 0.29) is 55.2 Å². The number of nitro groups is 1. The first kappa shape index (κ1) is 114. The Hall–Kier alpha value is -14.3. The molecule has 0 bridgehead atoms. The van der Waals surface area contributed by atoms with Gasteiger partial charge in [0.15, 0.2) is 5.78 Å². The van der Waals surface area contributed by atoms with Crippen molar-refractivity contribution in [3.8, 4) is 11.5 Å². The fourth-order valence-electron chi connectivity index (χ4n) is 15.0. The minimum absolute atomic E-state index is 0. The molecule has 0 aliphatic heterocycles.